The highest BCUT2D eigenvalue weighted by atomic mass is 16.6. The molecule has 6 nitrogen and oxygen atoms in total. The first-order valence-corrected chi connectivity index (χ1v) is 12.2. The predicted molar refractivity (Wildman–Crippen MR) is 145 cm³/mol. The third-order valence-corrected chi connectivity index (χ3v) is 7.19. The lowest BCUT2D eigenvalue weighted by Gasteiger charge is -2.32. The van der Waals surface area contributed by atoms with Gasteiger partial charge in [-0.05, 0) is 35.9 Å². The van der Waals surface area contributed by atoms with Crippen LogP contribution in [0.4, 0.5) is 5.69 Å². The maximum atomic E-state index is 13.5. The zero-order valence-electron chi connectivity index (χ0n) is 21.2. The highest BCUT2D eigenvalue weighted by Gasteiger charge is 2.54. The Morgan fingerprint density at radius 3 is 2.46 bits per heavy atom. The van der Waals surface area contributed by atoms with Crippen molar-refractivity contribution in [2.75, 3.05) is 26.1 Å². The van der Waals surface area contributed by atoms with Gasteiger partial charge in [-0.25, -0.2) is 4.79 Å². The zero-order valence-corrected chi connectivity index (χ0v) is 21.2. The van der Waals surface area contributed by atoms with Gasteiger partial charge in [0.2, 0.25) is 5.60 Å². The first kappa shape index (κ1) is 22.9. The number of benzene rings is 3. The second kappa shape index (κ2) is 8.52. The predicted octanol–water partition coefficient (Wildman–Crippen LogP) is 5.78. The fourth-order valence-electron chi connectivity index (χ4n) is 5.51. The highest BCUT2D eigenvalue weighted by Crippen LogP contribution is 2.54. The van der Waals surface area contributed by atoms with Crippen molar-refractivity contribution in [1.82, 2.24) is 9.55 Å². The maximum absolute atomic E-state index is 13.5. The lowest BCUT2D eigenvalue weighted by Crippen LogP contribution is -2.32. The summed E-state index contributed by atoms with van der Waals surface area (Å²) in [5.74, 6) is 0.207. The van der Waals surface area contributed by atoms with E-state index < -0.39 is 11.6 Å². The molecule has 6 rings (SSSR count). The normalized spacial score (nSPS) is 16.5. The van der Waals surface area contributed by atoms with Gasteiger partial charge in [-0.2, -0.15) is 0 Å². The van der Waals surface area contributed by atoms with Crippen LogP contribution in [0.15, 0.2) is 91.1 Å². The molecule has 5 aromatic rings. The number of fused-ring (bicyclic) bond motifs is 2. The van der Waals surface area contributed by atoms with Crippen LogP contribution in [0.5, 0.6) is 5.75 Å². The van der Waals surface area contributed by atoms with E-state index in [0.29, 0.717) is 17.0 Å². The van der Waals surface area contributed by atoms with Crippen LogP contribution in [0.1, 0.15) is 27.2 Å². The minimum absolute atomic E-state index is 0.409. The zero-order chi connectivity index (χ0) is 25.7. The summed E-state index contributed by atoms with van der Waals surface area (Å²) in [5, 5.41) is 0.980. The Kier molecular flexibility index (Phi) is 5.26. The largest absolute Gasteiger partial charge is 0.496 e. The number of aromatic nitrogens is 2. The van der Waals surface area contributed by atoms with Crippen LogP contribution < -0.4 is 9.64 Å². The van der Waals surface area contributed by atoms with Gasteiger partial charge in [0.15, 0.2) is 0 Å². The summed E-state index contributed by atoms with van der Waals surface area (Å²) in [7, 11) is 7.65. The number of aryl methyl sites for hydroxylation is 1. The second-order valence-corrected chi connectivity index (χ2v) is 9.42. The summed E-state index contributed by atoms with van der Waals surface area (Å²) in [4.78, 5) is 20.3. The standard InChI is InChI=1S/C31H27N3O3/c1-33(2)21-16-17-24(26(19-21)36-4)31(29-23(30(35)37-31)14-10-18-32-29)27-22-13-8-9-15-25(22)34(3)28(27)20-11-6-5-7-12-20/h5-19H,1-4H3. The smallest absolute Gasteiger partial charge is 0.341 e. The van der Waals surface area contributed by atoms with Crippen molar-refractivity contribution in [3.63, 3.8) is 0 Å². The number of carbonyl (C=O) groups is 1. The lowest BCUT2D eigenvalue weighted by atomic mass is 9.79. The summed E-state index contributed by atoms with van der Waals surface area (Å²) in [6.07, 6.45) is 1.71. The minimum atomic E-state index is -1.32. The van der Waals surface area contributed by atoms with Crippen LogP contribution >= 0.6 is 0 Å². The van der Waals surface area contributed by atoms with Crippen LogP contribution in [-0.4, -0.2) is 36.7 Å². The molecule has 0 radical (unpaired) electrons. The lowest BCUT2D eigenvalue weighted by molar-refractivity contribution is 0.0242. The fourth-order valence-corrected chi connectivity index (χ4v) is 5.51. The minimum Gasteiger partial charge on any atom is -0.496 e. The molecular weight excluding hydrogens is 462 g/mol. The van der Waals surface area contributed by atoms with Gasteiger partial charge in [0.25, 0.3) is 0 Å². The molecule has 37 heavy (non-hydrogen) atoms. The third-order valence-electron chi connectivity index (χ3n) is 7.19. The summed E-state index contributed by atoms with van der Waals surface area (Å²) in [6.45, 7) is 0. The fraction of sp³-hybridized carbons (Fsp3) is 0.161. The molecule has 3 aromatic carbocycles. The van der Waals surface area contributed by atoms with E-state index in [4.69, 9.17) is 14.5 Å². The first-order valence-electron chi connectivity index (χ1n) is 12.2. The van der Waals surface area contributed by atoms with E-state index >= 15 is 0 Å². The number of cyclic esters (lactones) is 1. The Labute approximate surface area is 215 Å². The van der Waals surface area contributed by atoms with Gasteiger partial charge in [-0.15, -0.1) is 0 Å². The first-order chi connectivity index (χ1) is 18.0. The summed E-state index contributed by atoms with van der Waals surface area (Å²) < 4.78 is 14.6. The number of para-hydroxylation sites is 1. The van der Waals surface area contributed by atoms with Crippen molar-refractivity contribution < 1.29 is 14.3 Å². The van der Waals surface area contributed by atoms with Crippen LogP contribution in [0.25, 0.3) is 22.2 Å². The molecule has 1 unspecified atom stereocenters. The molecule has 0 saturated carbocycles. The molecule has 1 atom stereocenters. The molecule has 1 aliphatic heterocycles. The second-order valence-electron chi connectivity index (χ2n) is 9.42. The van der Waals surface area contributed by atoms with Crippen molar-refractivity contribution in [2.45, 2.75) is 5.60 Å². The Hall–Kier alpha value is -4.58. The van der Waals surface area contributed by atoms with Crippen molar-refractivity contribution in [1.29, 1.82) is 0 Å². The molecule has 3 heterocycles. The van der Waals surface area contributed by atoms with Crippen LogP contribution in [0.2, 0.25) is 0 Å². The number of hydrogen-bond donors (Lipinski definition) is 0. The van der Waals surface area contributed by atoms with Crippen molar-refractivity contribution in [2.24, 2.45) is 7.05 Å². The number of methoxy groups -OCH3 is 1. The number of ether oxygens (including phenoxy) is 2. The van der Waals surface area contributed by atoms with Gasteiger partial charge in [0.1, 0.15) is 11.4 Å². The van der Waals surface area contributed by atoms with Gasteiger partial charge in [-0.1, -0.05) is 48.5 Å². The Morgan fingerprint density at radius 1 is 0.946 bits per heavy atom. The SMILES string of the molecule is COc1cc(N(C)C)ccc1C1(c2c(-c3ccccc3)n(C)c3ccccc23)OC(=O)c2cccnc21. The van der Waals surface area contributed by atoms with Gasteiger partial charge < -0.3 is 18.9 Å². The van der Waals surface area contributed by atoms with Gasteiger partial charge in [0, 0.05) is 61.1 Å². The summed E-state index contributed by atoms with van der Waals surface area (Å²) in [6, 6.07) is 27.9. The molecular formula is C31H27N3O3. The number of esters is 1. The van der Waals surface area contributed by atoms with Crippen LogP contribution in [0, 0.1) is 0 Å². The molecule has 6 heteroatoms. The topological polar surface area (TPSA) is 56.6 Å². The Bertz CT molecular complexity index is 1660. The molecule has 1 aliphatic rings. The quantitative estimate of drug-likeness (QED) is 0.293. The molecule has 0 fully saturated rings. The van der Waals surface area contributed by atoms with Gasteiger partial charge in [0.05, 0.1) is 18.4 Å². The Morgan fingerprint density at radius 2 is 1.70 bits per heavy atom. The molecule has 0 bridgehead atoms. The number of anilines is 1. The van der Waals surface area contributed by atoms with Crippen molar-refractivity contribution in [3.05, 3.63) is 114 Å². The summed E-state index contributed by atoms with van der Waals surface area (Å²) >= 11 is 0. The third kappa shape index (κ3) is 3.25. The van der Waals surface area contributed by atoms with E-state index in [1.54, 1.807) is 25.4 Å². The highest BCUT2D eigenvalue weighted by molar-refractivity contribution is 6.00. The molecule has 2 aromatic heterocycles. The Balaban J connectivity index is 1.81. The van der Waals surface area contributed by atoms with E-state index in [1.807, 2.05) is 74.6 Å². The van der Waals surface area contributed by atoms with Crippen molar-refractivity contribution >= 4 is 22.6 Å². The number of pyridine rings is 1. The monoisotopic (exact) mass is 489 g/mol. The molecule has 0 aliphatic carbocycles. The van der Waals surface area contributed by atoms with E-state index in [2.05, 4.69) is 28.8 Å². The number of hydrogen-bond acceptors (Lipinski definition) is 5. The molecule has 184 valence electrons. The van der Waals surface area contributed by atoms with Crippen LogP contribution in [0.3, 0.4) is 0 Å². The average Bonchev–Trinajstić information content (AvgIpc) is 3.40. The van der Waals surface area contributed by atoms with Gasteiger partial charge >= 0.3 is 5.97 Å². The van der Waals surface area contributed by atoms with E-state index in [1.165, 1.54) is 0 Å². The van der Waals surface area contributed by atoms with Crippen LogP contribution in [-0.2, 0) is 17.4 Å². The van der Waals surface area contributed by atoms with Crippen molar-refractivity contribution in [3.8, 4) is 17.0 Å². The summed E-state index contributed by atoms with van der Waals surface area (Å²) in [5.41, 5.74) is 5.24. The molecule has 0 amide bonds. The molecule has 0 saturated heterocycles. The van der Waals surface area contributed by atoms with E-state index in [0.717, 1.165) is 39.0 Å². The molecule has 0 N–H and O–H groups in total. The number of nitrogens with zero attached hydrogens (tertiary/aromatic N) is 3. The van der Waals surface area contributed by atoms with E-state index in [-0.39, 0.29) is 0 Å². The maximum Gasteiger partial charge on any atom is 0.341 e. The number of carbonyl (C=O) groups excluding carboxylic acids is 1. The van der Waals surface area contributed by atoms with E-state index in [9.17, 15) is 4.79 Å². The van der Waals surface area contributed by atoms with Gasteiger partial charge in [-0.3, -0.25) is 4.98 Å². The number of rotatable bonds is 5. The average molecular weight is 490 g/mol. The molecule has 0 spiro atoms.